The van der Waals surface area contributed by atoms with Gasteiger partial charge in [-0.05, 0) is 38.1 Å². The van der Waals surface area contributed by atoms with E-state index in [0.717, 1.165) is 5.75 Å². The molecule has 0 heterocycles. The van der Waals surface area contributed by atoms with Crippen LogP contribution >= 0.6 is 0 Å². The second-order valence-corrected chi connectivity index (χ2v) is 5.32. The predicted octanol–water partition coefficient (Wildman–Crippen LogP) is 3.59. The third-order valence-electron chi connectivity index (χ3n) is 3.25. The zero-order valence-corrected chi connectivity index (χ0v) is 13.6. The third kappa shape index (κ3) is 5.21. The summed E-state index contributed by atoms with van der Waals surface area (Å²) in [5, 5.41) is 5.60. The average Bonchev–Trinajstić information content (AvgIpc) is 2.54. The maximum absolute atomic E-state index is 12.0. The van der Waals surface area contributed by atoms with Crippen molar-refractivity contribution in [2.45, 2.75) is 19.9 Å². The number of carbonyl (C=O) groups excluding carboxylic acids is 1. The maximum Gasteiger partial charge on any atom is 0.319 e. The average molecular weight is 314 g/mol. The topological polar surface area (TPSA) is 59.6 Å². The number of nitrogens with one attached hydrogen (secondary N) is 2. The molecule has 0 saturated carbocycles. The van der Waals surface area contributed by atoms with Crippen LogP contribution in [0.4, 0.5) is 10.5 Å². The summed E-state index contributed by atoms with van der Waals surface area (Å²) in [4.78, 5) is 12.0. The van der Waals surface area contributed by atoms with Gasteiger partial charge in [-0.1, -0.05) is 29.8 Å². The zero-order valence-electron chi connectivity index (χ0n) is 13.6. The number of benzene rings is 2. The van der Waals surface area contributed by atoms with Crippen molar-refractivity contribution in [3.05, 3.63) is 54.1 Å². The first-order valence-electron chi connectivity index (χ1n) is 7.48. The molecule has 0 aliphatic heterocycles. The molecular formula is C18H22N2O3. The number of hydrogen-bond donors (Lipinski definition) is 2. The van der Waals surface area contributed by atoms with Gasteiger partial charge in [-0.15, -0.1) is 0 Å². The Kier molecular flexibility index (Phi) is 5.86. The van der Waals surface area contributed by atoms with E-state index in [1.165, 1.54) is 5.56 Å². The van der Waals surface area contributed by atoms with Gasteiger partial charge >= 0.3 is 6.03 Å². The SMILES string of the molecule is COc1ccccc1NC(=O)N[C@H](C)COc1ccc(C)cc1. The van der Waals surface area contributed by atoms with Crippen LogP contribution in [0.2, 0.25) is 0 Å². The van der Waals surface area contributed by atoms with Crippen LogP contribution in [-0.2, 0) is 0 Å². The van der Waals surface area contributed by atoms with Gasteiger partial charge in [0.1, 0.15) is 18.1 Å². The van der Waals surface area contributed by atoms with Crippen molar-refractivity contribution in [1.29, 1.82) is 0 Å². The number of carbonyl (C=O) groups is 1. The fourth-order valence-corrected chi connectivity index (χ4v) is 2.03. The second-order valence-electron chi connectivity index (χ2n) is 5.32. The molecule has 5 heteroatoms. The lowest BCUT2D eigenvalue weighted by Crippen LogP contribution is -2.39. The van der Waals surface area contributed by atoms with Crippen LogP contribution in [0.15, 0.2) is 48.5 Å². The van der Waals surface area contributed by atoms with Crippen molar-refractivity contribution < 1.29 is 14.3 Å². The Morgan fingerprint density at radius 1 is 1.13 bits per heavy atom. The number of rotatable bonds is 6. The monoisotopic (exact) mass is 314 g/mol. The first-order valence-corrected chi connectivity index (χ1v) is 7.48. The van der Waals surface area contributed by atoms with Gasteiger partial charge in [0.15, 0.2) is 0 Å². The lowest BCUT2D eigenvalue weighted by molar-refractivity contribution is 0.236. The summed E-state index contributed by atoms with van der Waals surface area (Å²) in [5.74, 6) is 1.40. The normalized spacial score (nSPS) is 11.4. The molecule has 2 rings (SSSR count). The molecule has 122 valence electrons. The van der Waals surface area contributed by atoms with E-state index in [4.69, 9.17) is 9.47 Å². The summed E-state index contributed by atoms with van der Waals surface area (Å²) in [6.45, 7) is 4.30. The molecule has 0 saturated heterocycles. The van der Waals surface area contributed by atoms with Crippen LogP contribution in [0.25, 0.3) is 0 Å². The third-order valence-corrected chi connectivity index (χ3v) is 3.25. The number of urea groups is 1. The molecule has 0 aromatic heterocycles. The molecule has 2 aromatic carbocycles. The van der Waals surface area contributed by atoms with Gasteiger partial charge in [0.25, 0.3) is 0 Å². The molecule has 0 fully saturated rings. The largest absolute Gasteiger partial charge is 0.495 e. The van der Waals surface area contributed by atoms with E-state index in [1.807, 2.05) is 50.2 Å². The molecule has 0 unspecified atom stereocenters. The molecule has 0 spiro atoms. The van der Waals surface area contributed by atoms with Crippen molar-refractivity contribution in [2.24, 2.45) is 0 Å². The van der Waals surface area contributed by atoms with E-state index < -0.39 is 0 Å². The highest BCUT2D eigenvalue weighted by atomic mass is 16.5. The molecule has 0 aliphatic rings. The Bertz CT molecular complexity index is 641. The maximum atomic E-state index is 12.0. The van der Waals surface area contributed by atoms with E-state index in [9.17, 15) is 4.79 Å². The Morgan fingerprint density at radius 2 is 1.83 bits per heavy atom. The van der Waals surface area contributed by atoms with Crippen LogP contribution in [0.1, 0.15) is 12.5 Å². The van der Waals surface area contributed by atoms with E-state index in [1.54, 1.807) is 19.2 Å². The Morgan fingerprint density at radius 3 is 2.52 bits per heavy atom. The molecule has 1 atom stereocenters. The minimum absolute atomic E-state index is 0.133. The van der Waals surface area contributed by atoms with Gasteiger partial charge in [0, 0.05) is 0 Å². The number of amides is 2. The summed E-state index contributed by atoms with van der Waals surface area (Å²) < 4.78 is 10.9. The van der Waals surface area contributed by atoms with Crippen molar-refractivity contribution in [3.63, 3.8) is 0 Å². The van der Waals surface area contributed by atoms with Gasteiger partial charge in [-0.25, -0.2) is 4.79 Å². The number of hydrogen-bond acceptors (Lipinski definition) is 3. The summed E-state index contributed by atoms with van der Waals surface area (Å²) in [6.07, 6.45) is 0. The molecule has 2 aromatic rings. The lowest BCUT2D eigenvalue weighted by atomic mass is 10.2. The lowest BCUT2D eigenvalue weighted by Gasteiger charge is -2.16. The van der Waals surface area contributed by atoms with Crippen molar-refractivity contribution in [1.82, 2.24) is 5.32 Å². The highest BCUT2D eigenvalue weighted by Crippen LogP contribution is 2.22. The van der Waals surface area contributed by atoms with Crippen LogP contribution in [-0.4, -0.2) is 25.8 Å². The summed E-state index contributed by atoms with van der Waals surface area (Å²) in [7, 11) is 1.57. The predicted molar refractivity (Wildman–Crippen MR) is 91.3 cm³/mol. The minimum Gasteiger partial charge on any atom is -0.495 e. The van der Waals surface area contributed by atoms with Gasteiger partial charge in [-0.3, -0.25) is 0 Å². The number of aryl methyl sites for hydroxylation is 1. The van der Waals surface area contributed by atoms with Crippen LogP contribution in [0.3, 0.4) is 0 Å². The number of methoxy groups -OCH3 is 1. The second kappa shape index (κ2) is 8.08. The summed E-state index contributed by atoms with van der Waals surface area (Å²) in [5.41, 5.74) is 1.80. The van der Waals surface area contributed by atoms with Crippen molar-refractivity contribution >= 4 is 11.7 Å². The minimum atomic E-state index is -0.297. The first kappa shape index (κ1) is 16.7. The Labute approximate surface area is 136 Å². The fraction of sp³-hybridized carbons (Fsp3) is 0.278. The van der Waals surface area contributed by atoms with Crippen LogP contribution in [0, 0.1) is 6.92 Å². The molecule has 0 aliphatic carbocycles. The summed E-state index contributed by atoms with van der Waals surface area (Å²) in [6, 6.07) is 14.6. The Hall–Kier alpha value is -2.69. The van der Waals surface area contributed by atoms with Gasteiger partial charge < -0.3 is 20.1 Å². The summed E-state index contributed by atoms with van der Waals surface area (Å²) >= 11 is 0. The van der Waals surface area contributed by atoms with E-state index >= 15 is 0 Å². The van der Waals surface area contributed by atoms with E-state index in [0.29, 0.717) is 18.0 Å². The highest BCUT2D eigenvalue weighted by Gasteiger charge is 2.10. The molecule has 0 bridgehead atoms. The molecular weight excluding hydrogens is 292 g/mol. The molecule has 23 heavy (non-hydrogen) atoms. The van der Waals surface area contributed by atoms with E-state index in [-0.39, 0.29) is 12.1 Å². The van der Waals surface area contributed by atoms with Gasteiger partial charge in [0.2, 0.25) is 0 Å². The first-order chi connectivity index (χ1) is 11.1. The standard InChI is InChI=1S/C18H22N2O3/c1-13-8-10-15(11-9-13)23-12-14(2)19-18(21)20-16-6-4-5-7-17(16)22-3/h4-11,14H,12H2,1-3H3,(H2,19,20,21)/t14-/m1/s1. The highest BCUT2D eigenvalue weighted by molar-refractivity contribution is 5.91. The molecule has 5 nitrogen and oxygen atoms in total. The Balaban J connectivity index is 1.81. The van der Waals surface area contributed by atoms with Crippen LogP contribution in [0.5, 0.6) is 11.5 Å². The number of para-hydroxylation sites is 2. The van der Waals surface area contributed by atoms with Crippen molar-refractivity contribution in [3.8, 4) is 11.5 Å². The number of anilines is 1. The number of ether oxygens (including phenoxy) is 2. The molecule has 0 radical (unpaired) electrons. The zero-order chi connectivity index (χ0) is 16.7. The smallest absolute Gasteiger partial charge is 0.319 e. The van der Waals surface area contributed by atoms with E-state index in [2.05, 4.69) is 10.6 Å². The van der Waals surface area contributed by atoms with Crippen LogP contribution < -0.4 is 20.1 Å². The van der Waals surface area contributed by atoms with Gasteiger partial charge in [-0.2, -0.15) is 0 Å². The molecule has 2 N–H and O–H groups in total. The quantitative estimate of drug-likeness (QED) is 0.856. The van der Waals surface area contributed by atoms with Gasteiger partial charge in [0.05, 0.1) is 18.8 Å². The molecule has 2 amide bonds. The fourth-order valence-electron chi connectivity index (χ4n) is 2.03. The van der Waals surface area contributed by atoms with Crippen molar-refractivity contribution in [2.75, 3.05) is 19.0 Å².